The topological polar surface area (TPSA) is 64.6 Å². The average Bonchev–Trinajstić information content (AvgIpc) is 2.48. The fraction of sp³-hybridized carbons (Fsp3) is 0.143. The van der Waals surface area contributed by atoms with Crippen molar-refractivity contribution < 1.29 is 22.3 Å². The third kappa shape index (κ3) is 3.61. The van der Waals surface area contributed by atoms with Crippen LogP contribution in [-0.2, 0) is 10.0 Å². The molecular formula is C14H13ClFNO4S. The van der Waals surface area contributed by atoms with Gasteiger partial charge in [-0.05, 0) is 18.2 Å². The van der Waals surface area contributed by atoms with Gasteiger partial charge >= 0.3 is 0 Å². The lowest BCUT2D eigenvalue weighted by atomic mass is 10.3. The fourth-order valence-corrected chi connectivity index (χ4v) is 3.04. The second kappa shape index (κ2) is 6.41. The minimum atomic E-state index is -3.91. The van der Waals surface area contributed by atoms with Crippen LogP contribution in [0.15, 0.2) is 41.3 Å². The molecule has 0 fully saturated rings. The van der Waals surface area contributed by atoms with Crippen molar-refractivity contribution in [1.82, 2.24) is 0 Å². The Balaban J connectivity index is 2.37. The van der Waals surface area contributed by atoms with E-state index in [1.165, 1.54) is 26.4 Å². The van der Waals surface area contributed by atoms with E-state index in [1.54, 1.807) is 6.07 Å². The zero-order valence-electron chi connectivity index (χ0n) is 11.8. The van der Waals surface area contributed by atoms with Crippen molar-refractivity contribution in [2.24, 2.45) is 0 Å². The van der Waals surface area contributed by atoms with E-state index >= 15 is 0 Å². The molecule has 0 saturated carbocycles. The standard InChI is InChI=1S/C14H13ClFNO4S/c1-20-10-5-9(6-11(7-10)21-2)17-22(18,19)12-3-4-14(16)13(15)8-12/h3-8,17H,1-2H3. The minimum absolute atomic E-state index is 0.152. The van der Waals surface area contributed by atoms with Gasteiger partial charge in [-0.1, -0.05) is 11.6 Å². The first kappa shape index (κ1) is 16.4. The van der Waals surface area contributed by atoms with E-state index in [4.69, 9.17) is 21.1 Å². The summed E-state index contributed by atoms with van der Waals surface area (Å²) in [6.45, 7) is 0. The van der Waals surface area contributed by atoms with E-state index in [9.17, 15) is 12.8 Å². The van der Waals surface area contributed by atoms with E-state index in [0.717, 1.165) is 18.2 Å². The summed E-state index contributed by atoms with van der Waals surface area (Å²) in [5.74, 6) is 0.159. The highest BCUT2D eigenvalue weighted by atomic mass is 35.5. The minimum Gasteiger partial charge on any atom is -0.497 e. The Morgan fingerprint density at radius 2 is 1.64 bits per heavy atom. The number of hydrogen-bond acceptors (Lipinski definition) is 4. The maximum absolute atomic E-state index is 13.1. The van der Waals surface area contributed by atoms with Gasteiger partial charge in [0.1, 0.15) is 17.3 Å². The molecule has 0 amide bonds. The van der Waals surface area contributed by atoms with Crippen molar-refractivity contribution >= 4 is 27.3 Å². The van der Waals surface area contributed by atoms with Crippen molar-refractivity contribution in [2.75, 3.05) is 18.9 Å². The first-order chi connectivity index (χ1) is 10.4. The first-order valence-corrected chi connectivity index (χ1v) is 7.93. The van der Waals surface area contributed by atoms with Crippen LogP contribution in [0.5, 0.6) is 11.5 Å². The van der Waals surface area contributed by atoms with Crippen molar-refractivity contribution in [3.8, 4) is 11.5 Å². The Labute approximate surface area is 132 Å². The second-order valence-corrected chi connectivity index (χ2v) is 6.37. The highest BCUT2D eigenvalue weighted by molar-refractivity contribution is 7.92. The Hall–Kier alpha value is -1.99. The number of nitrogens with one attached hydrogen (secondary N) is 1. The molecule has 0 aromatic heterocycles. The van der Waals surface area contributed by atoms with Gasteiger partial charge in [-0.3, -0.25) is 4.72 Å². The number of ether oxygens (including phenoxy) is 2. The van der Waals surface area contributed by atoms with Crippen LogP contribution < -0.4 is 14.2 Å². The van der Waals surface area contributed by atoms with E-state index in [-0.39, 0.29) is 15.6 Å². The van der Waals surface area contributed by atoms with Crippen LogP contribution in [0.4, 0.5) is 10.1 Å². The second-order valence-electron chi connectivity index (χ2n) is 4.28. The summed E-state index contributed by atoms with van der Waals surface area (Å²) in [5.41, 5.74) is 0.247. The summed E-state index contributed by atoms with van der Waals surface area (Å²) in [4.78, 5) is -0.152. The van der Waals surface area contributed by atoms with Crippen molar-refractivity contribution in [3.05, 3.63) is 47.2 Å². The number of halogens is 2. The molecule has 2 aromatic rings. The molecular weight excluding hydrogens is 333 g/mol. The zero-order chi connectivity index (χ0) is 16.3. The summed E-state index contributed by atoms with van der Waals surface area (Å²) in [6, 6.07) is 7.74. The van der Waals surface area contributed by atoms with Crippen molar-refractivity contribution in [1.29, 1.82) is 0 Å². The lowest BCUT2D eigenvalue weighted by Crippen LogP contribution is -2.13. The molecule has 5 nitrogen and oxygen atoms in total. The molecule has 0 saturated heterocycles. The molecule has 0 aliphatic carbocycles. The predicted molar refractivity (Wildman–Crippen MR) is 81.8 cm³/mol. The maximum atomic E-state index is 13.1. The predicted octanol–water partition coefficient (Wildman–Crippen LogP) is 3.30. The van der Waals surface area contributed by atoms with E-state index in [1.807, 2.05) is 0 Å². The average molecular weight is 346 g/mol. The monoisotopic (exact) mass is 345 g/mol. The smallest absolute Gasteiger partial charge is 0.261 e. The fourth-order valence-electron chi connectivity index (χ4n) is 1.72. The molecule has 0 atom stereocenters. The van der Waals surface area contributed by atoms with Crippen LogP contribution in [0.2, 0.25) is 5.02 Å². The zero-order valence-corrected chi connectivity index (χ0v) is 13.3. The number of rotatable bonds is 5. The molecule has 118 valence electrons. The van der Waals surface area contributed by atoms with Gasteiger partial charge < -0.3 is 9.47 Å². The summed E-state index contributed by atoms with van der Waals surface area (Å²) in [7, 11) is -1.01. The van der Waals surface area contributed by atoms with E-state index in [2.05, 4.69) is 4.72 Å². The highest BCUT2D eigenvalue weighted by Crippen LogP contribution is 2.28. The normalized spacial score (nSPS) is 11.1. The molecule has 8 heteroatoms. The van der Waals surface area contributed by atoms with Crippen LogP contribution in [0, 0.1) is 5.82 Å². The van der Waals surface area contributed by atoms with Gasteiger partial charge in [-0.25, -0.2) is 12.8 Å². The Morgan fingerprint density at radius 1 is 1.05 bits per heavy atom. The number of hydrogen-bond donors (Lipinski definition) is 1. The maximum Gasteiger partial charge on any atom is 0.261 e. The molecule has 0 heterocycles. The van der Waals surface area contributed by atoms with Gasteiger partial charge in [-0.15, -0.1) is 0 Å². The molecule has 0 bridgehead atoms. The van der Waals surface area contributed by atoms with Gasteiger partial charge in [0.25, 0.3) is 10.0 Å². The Morgan fingerprint density at radius 3 is 2.14 bits per heavy atom. The first-order valence-electron chi connectivity index (χ1n) is 6.06. The highest BCUT2D eigenvalue weighted by Gasteiger charge is 2.17. The number of benzene rings is 2. The quantitative estimate of drug-likeness (QED) is 0.903. The van der Waals surface area contributed by atoms with Crippen LogP contribution in [0.1, 0.15) is 0 Å². The SMILES string of the molecule is COc1cc(NS(=O)(=O)c2ccc(F)c(Cl)c2)cc(OC)c1. The summed E-state index contributed by atoms with van der Waals surface area (Å²) < 4.78 is 50.2. The van der Waals surface area contributed by atoms with Gasteiger partial charge in [0.2, 0.25) is 0 Å². The van der Waals surface area contributed by atoms with Gasteiger partial charge in [-0.2, -0.15) is 0 Å². The summed E-state index contributed by atoms with van der Waals surface area (Å²) in [5, 5.41) is -0.272. The van der Waals surface area contributed by atoms with Gasteiger partial charge in [0, 0.05) is 18.2 Å². The Bertz CT molecular complexity index is 773. The number of sulfonamides is 1. The van der Waals surface area contributed by atoms with Gasteiger partial charge in [0.05, 0.1) is 29.8 Å². The number of methoxy groups -OCH3 is 2. The van der Waals surface area contributed by atoms with Crippen LogP contribution in [0.25, 0.3) is 0 Å². The summed E-state index contributed by atoms with van der Waals surface area (Å²) >= 11 is 5.61. The molecule has 0 spiro atoms. The molecule has 2 aromatic carbocycles. The van der Waals surface area contributed by atoms with E-state index < -0.39 is 15.8 Å². The molecule has 2 rings (SSSR count). The lowest BCUT2D eigenvalue weighted by Gasteiger charge is -2.11. The van der Waals surface area contributed by atoms with Crippen molar-refractivity contribution in [3.63, 3.8) is 0 Å². The molecule has 22 heavy (non-hydrogen) atoms. The van der Waals surface area contributed by atoms with Crippen molar-refractivity contribution in [2.45, 2.75) is 4.90 Å². The molecule has 1 N–H and O–H groups in total. The number of anilines is 1. The van der Waals surface area contributed by atoms with E-state index in [0.29, 0.717) is 11.5 Å². The van der Waals surface area contributed by atoms with Crippen LogP contribution >= 0.6 is 11.6 Å². The van der Waals surface area contributed by atoms with Gasteiger partial charge in [0.15, 0.2) is 0 Å². The molecule has 0 aliphatic heterocycles. The largest absolute Gasteiger partial charge is 0.497 e. The van der Waals surface area contributed by atoms with Crippen LogP contribution in [-0.4, -0.2) is 22.6 Å². The third-order valence-electron chi connectivity index (χ3n) is 2.81. The molecule has 0 unspecified atom stereocenters. The molecule has 0 radical (unpaired) electrons. The Kier molecular flexibility index (Phi) is 4.77. The van der Waals surface area contributed by atoms with Crippen LogP contribution in [0.3, 0.4) is 0 Å². The lowest BCUT2D eigenvalue weighted by molar-refractivity contribution is 0.395. The summed E-state index contributed by atoms with van der Waals surface area (Å²) in [6.07, 6.45) is 0. The molecule has 0 aliphatic rings. The third-order valence-corrected chi connectivity index (χ3v) is 4.47.